The third kappa shape index (κ3) is 3.97. The molecule has 0 amide bonds. The molecule has 1 aliphatic heterocycles. The van der Waals surface area contributed by atoms with Crippen LogP contribution in [0.3, 0.4) is 0 Å². The van der Waals surface area contributed by atoms with Gasteiger partial charge in [0.25, 0.3) is 0 Å². The summed E-state index contributed by atoms with van der Waals surface area (Å²) in [6.07, 6.45) is 2.58. The molecule has 0 radical (unpaired) electrons. The predicted octanol–water partition coefficient (Wildman–Crippen LogP) is 4.61. The lowest BCUT2D eigenvalue weighted by Crippen LogP contribution is -2.45. The summed E-state index contributed by atoms with van der Waals surface area (Å²) in [5, 5.41) is 3.51. The van der Waals surface area contributed by atoms with Crippen LogP contribution in [0.15, 0.2) is 0 Å². The van der Waals surface area contributed by atoms with Crippen molar-refractivity contribution in [1.82, 2.24) is 10.2 Å². The quantitative estimate of drug-likeness (QED) is 0.853. The van der Waals surface area contributed by atoms with Gasteiger partial charge < -0.3 is 5.32 Å². The minimum Gasteiger partial charge on any atom is -0.314 e. The molecule has 0 spiro atoms. The highest BCUT2D eigenvalue weighted by Gasteiger charge is 2.26. The van der Waals surface area contributed by atoms with E-state index in [9.17, 15) is 0 Å². The lowest BCUT2D eigenvalue weighted by atomic mass is 9.83. The maximum atomic E-state index is 3.51. The second kappa shape index (κ2) is 7.81. The Hall–Kier alpha value is -0.860. The number of piperazine rings is 1. The van der Waals surface area contributed by atoms with Gasteiger partial charge in [-0.15, -0.1) is 0 Å². The highest BCUT2D eigenvalue weighted by atomic mass is 15.2. The third-order valence-corrected chi connectivity index (χ3v) is 6.00. The highest BCUT2D eigenvalue weighted by molar-refractivity contribution is 5.50. The number of rotatable bonds is 5. The number of hydrogen-bond donors (Lipinski definition) is 1. The molecule has 2 rings (SSSR count). The van der Waals surface area contributed by atoms with Crippen LogP contribution in [-0.2, 0) is 0 Å². The molecule has 1 aromatic carbocycles. The van der Waals surface area contributed by atoms with Crippen LogP contribution in [0.1, 0.15) is 66.1 Å². The molecule has 2 nitrogen and oxygen atoms in total. The van der Waals surface area contributed by atoms with Crippen molar-refractivity contribution in [3.05, 3.63) is 33.4 Å². The maximum Gasteiger partial charge on any atom is 0.0354 e. The van der Waals surface area contributed by atoms with Gasteiger partial charge in [0.1, 0.15) is 0 Å². The van der Waals surface area contributed by atoms with Gasteiger partial charge in [-0.2, -0.15) is 0 Å². The molecule has 1 heterocycles. The van der Waals surface area contributed by atoms with Crippen molar-refractivity contribution in [1.29, 1.82) is 0 Å². The second-order valence-corrected chi connectivity index (χ2v) is 7.81. The molecular weight excluding hydrogens is 280 g/mol. The van der Waals surface area contributed by atoms with Crippen molar-refractivity contribution in [2.75, 3.05) is 26.2 Å². The van der Waals surface area contributed by atoms with Gasteiger partial charge in [0.05, 0.1) is 0 Å². The Morgan fingerprint density at radius 3 is 1.74 bits per heavy atom. The van der Waals surface area contributed by atoms with Crippen molar-refractivity contribution < 1.29 is 0 Å². The van der Waals surface area contributed by atoms with E-state index in [1.54, 1.807) is 5.56 Å². The maximum absolute atomic E-state index is 3.51. The average molecular weight is 317 g/mol. The van der Waals surface area contributed by atoms with E-state index in [0.717, 1.165) is 19.0 Å². The monoisotopic (exact) mass is 316 g/mol. The molecule has 1 aliphatic rings. The van der Waals surface area contributed by atoms with Crippen LogP contribution in [0, 0.1) is 40.5 Å². The Morgan fingerprint density at radius 1 is 0.783 bits per heavy atom. The Bertz CT molecular complexity index is 510. The molecule has 23 heavy (non-hydrogen) atoms. The van der Waals surface area contributed by atoms with Crippen LogP contribution in [0.4, 0.5) is 0 Å². The zero-order valence-corrected chi connectivity index (χ0v) is 16.3. The summed E-state index contributed by atoms with van der Waals surface area (Å²) in [4.78, 5) is 2.72. The molecule has 130 valence electrons. The fourth-order valence-corrected chi connectivity index (χ4v) is 4.02. The van der Waals surface area contributed by atoms with Crippen LogP contribution in [-0.4, -0.2) is 31.1 Å². The summed E-state index contributed by atoms with van der Waals surface area (Å²) in [6, 6.07) is 0.581. The van der Waals surface area contributed by atoms with E-state index in [0.29, 0.717) is 6.04 Å². The smallest absolute Gasteiger partial charge is 0.0354 e. The zero-order valence-electron chi connectivity index (χ0n) is 16.3. The molecule has 0 saturated carbocycles. The highest BCUT2D eigenvalue weighted by Crippen LogP contribution is 2.36. The van der Waals surface area contributed by atoms with Gasteiger partial charge >= 0.3 is 0 Å². The predicted molar refractivity (Wildman–Crippen MR) is 101 cm³/mol. The molecule has 1 aromatic rings. The van der Waals surface area contributed by atoms with Crippen LogP contribution >= 0.6 is 0 Å². The van der Waals surface area contributed by atoms with Crippen molar-refractivity contribution in [2.45, 2.75) is 67.3 Å². The standard InChI is InChI=1S/C21H36N2/c1-14(2)8-9-20(23-12-10-22-11-13-23)21-18(6)16(4)15(3)17(5)19(21)7/h14,20,22H,8-13H2,1-7H3/t20-/m0/s1. The van der Waals surface area contributed by atoms with E-state index in [2.05, 4.69) is 58.7 Å². The second-order valence-electron chi connectivity index (χ2n) is 7.81. The van der Waals surface area contributed by atoms with Crippen LogP contribution in [0.5, 0.6) is 0 Å². The first-order valence-corrected chi connectivity index (χ1v) is 9.36. The molecule has 1 fully saturated rings. The summed E-state index contributed by atoms with van der Waals surface area (Å²) in [5.74, 6) is 0.772. The molecule has 0 aliphatic carbocycles. The van der Waals surface area contributed by atoms with E-state index in [-0.39, 0.29) is 0 Å². The summed E-state index contributed by atoms with van der Waals surface area (Å²) in [7, 11) is 0. The van der Waals surface area contributed by atoms with Gasteiger partial charge in [0, 0.05) is 32.2 Å². The molecule has 1 N–H and O–H groups in total. The molecule has 0 bridgehead atoms. The van der Waals surface area contributed by atoms with Gasteiger partial charge in [-0.1, -0.05) is 13.8 Å². The lowest BCUT2D eigenvalue weighted by molar-refractivity contribution is 0.158. The normalized spacial score (nSPS) is 17.7. The summed E-state index contributed by atoms with van der Waals surface area (Å²) < 4.78 is 0. The number of hydrogen-bond acceptors (Lipinski definition) is 2. The van der Waals surface area contributed by atoms with E-state index in [1.807, 2.05) is 0 Å². The summed E-state index contributed by atoms with van der Waals surface area (Å²) in [6.45, 7) is 20.9. The third-order valence-electron chi connectivity index (χ3n) is 6.00. The van der Waals surface area contributed by atoms with Crippen LogP contribution in [0.25, 0.3) is 0 Å². The first-order valence-electron chi connectivity index (χ1n) is 9.36. The van der Waals surface area contributed by atoms with Crippen LogP contribution in [0.2, 0.25) is 0 Å². The Morgan fingerprint density at radius 2 is 1.26 bits per heavy atom. The van der Waals surface area contributed by atoms with E-state index in [4.69, 9.17) is 0 Å². The number of nitrogens with zero attached hydrogens (tertiary/aromatic N) is 1. The van der Waals surface area contributed by atoms with Gasteiger partial charge in [0.2, 0.25) is 0 Å². The van der Waals surface area contributed by atoms with E-state index in [1.165, 1.54) is 53.7 Å². The minimum atomic E-state index is 0.581. The molecule has 1 saturated heterocycles. The van der Waals surface area contributed by atoms with E-state index >= 15 is 0 Å². The van der Waals surface area contributed by atoms with Gasteiger partial charge in [-0.05, 0) is 86.8 Å². The van der Waals surface area contributed by atoms with Gasteiger partial charge in [-0.25, -0.2) is 0 Å². The van der Waals surface area contributed by atoms with Gasteiger partial charge in [-0.3, -0.25) is 4.90 Å². The van der Waals surface area contributed by atoms with Gasteiger partial charge in [0.15, 0.2) is 0 Å². The van der Waals surface area contributed by atoms with Crippen LogP contribution < -0.4 is 5.32 Å². The molecule has 1 atom stereocenters. The molecule has 0 unspecified atom stereocenters. The van der Waals surface area contributed by atoms with Crippen molar-refractivity contribution in [3.8, 4) is 0 Å². The molecule has 2 heteroatoms. The first-order chi connectivity index (χ1) is 10.8. The molecule has 0 aromatic heterocycles. The molecular formula is C21H36N2. The summed E-state index contributed by atoms with van der Waals surface area (Å²) in [5.41, 5.74) is 9.14. The first kappa shape index (κ1) is 18.5. The minimum absolute atomic E-state index is 0.581. The zero-order chi connectivity index (χ0) is 17.1. The fourth-order valence-electron chi connectivity index (χ4n) is 4.02. The average Bonchev–Trinajstić information content (AvgIpc) is 2.54. The van der Waals surface area contributed by atoms with Crippen molar-refractivity contribution in [2.24, 2.45) is 5.92 Å². The summed E-state index contributed by atoms with van der Waals surface area (Å²) >= 11 is 0. The Labute approximate surface area is 143 Å². The number of nitrogens with one attached hydrogen (secondary N) is 1. The topological polar surface area (TPSA) is 15.3 Å². The van der Waals surface area contributed by atoms with E-state index < -0.39 is 0 Å². The lowest BCUT2D eigenvalue weighted by Gasteiger charge is -2.38. The van der Waals surface area contributed by atoms with Crippen molar-refractivity contribution >= 4 is 0 Å². The Balaban J connectivity index is 2.45. The largest absolute Gasteiger partial charge is 0.314 e. The Kier molecular flexibility index (Phi) is 6.27. The number of benzene rings is 1. The van der Waals surface area contributed by atoms with Crippen molar-refractivity contribution in [3.63, 3.8) is 0 Å². The SMILES string of the molecule is Cc1c(C)c(C)c([C@H](CCC(C)C)N2CCNCC2)c(C)c1C. The fraction of sp³-hybridized carbons (Fsp3) is 0.714.